The second kappa shape index (κ2) is 6.24. The van der Waals surface area contributed by atoms with Crippen LogP contribution >= 0.6 is 11.6 Å². The molecule has 138 valence electrons. The summed E-state index contributed by atoms with van der Waals surface area (Å²) in [6.45, 7) is 5.44. The van der Waals surface area contributed by atoms with Crippen molar-refractivity contribution in [2.45, 2.75) is 26.4 Å². The number of aromatic amines is 1. The third-order valence-corrected chi connectivity index (χ3v) is 3.95. The van der Waals surface area contributed by atoms with Gasteiger partial charge in [-0.15, -0.1) is 0 Å². The highest BCUT2D eigenvalue weighted by atomic mass is 35.5. The van der Waals surface area contributed by atoms with Gasteiger partial charge in [-0.25, -0.2) is 4.79 Å². The fourth-order valence-corrected chi connectivity index (χ4v) is 2.88. The molecule has 4 aromatic rings. The van der Waals surface area contributed by atoms with Crippen LogP contribution in [0.15, 0.2) is 36.7 Å². The minimum absolute atomic E-state index is 0.145. The van der Waals surface area contributed by atoms with Crippen LogP contribution in [0.1, 0.15) is 20.8 Å². The summed E-state index contributed by atoms with van der Waals surface area (Å²) in [5.41, 5.74) is 1.49. The van der Waals surface area contributed by atoms with Crippen molar-refractivity contribution in [1.29, 1.82) is 0 Å². The number of nitrogens with zero attached hydrogens (tertiary/aromatic N) is 4. The average Bonchev–Trinajstić information content (AvgIpc) is 3.19. The highest BCUT2D eigenvalue weighted by Gasteiger charge is 2.20. The summed E-state index contributed by atoms with van der Waals surface area (Å²) in [5.74, 6) is 0.588. The second-order valence-corrected chi connectivity index (χ2v) is 7.35. The SMILES string of the molecule is CC(C)(C)OC(=O)n1ncc2cc(Nc3nc(Cl)nc4[nH]ccc34)ccc21. The Kier molecular flexibility index (Phi) is 4.00. The molecule has 8 nitrogen and oxygen atoms in total. The molecule has 0 aliphatic heterocycles. The third-order valence-electron chi connectivity index (χ3n) is 3.79. The van der Waals surface area contributed by atoms with Gasteiger partial charge in [-0.3, -0.25) is 0 Å². The maximum absolute atomic E-state index is 12.3. The summed E-state index contributed by atoms with van der Waals surface area (Å²) in [6.07, 6.45) is 2.87. The molecule has 0 fully saturated rings. The van der Waals surface area contributed by atoms with Gasteiger partial charge in [0.25, 0.3) is 0 Å². The van der Waals surface area contributed by atoms with Gasteiger partial charge >= 0.3 is 6.09 Å². The van der Waals surface area contributed by atoms with Gasteiger partial charge in [0.2, 0.25) is 5.28 Å². The van der Waals surface area contributed by atoms with E-state index in [0.29, 0.717) is 17.0 Å². The number of halogens is 1. The van der Waals surface area contributed by atoms with Gasteiger partial charge in [0, 0.05) is 17.3 Å². The molecule has 0 amide bonds. The fraction of sp³-hybridized carbons (Fsp3) is 0.222. The Labute approximate surface area is 159 Å². The van der Waals surface area contributed by atoms with Crippen molar-refractivity contribution in [2.75, 3.05) is 5.32 Å². The van der Waals surface area contributed by atoms with Crippen LogP contribution in [-0.4, -0.2) is 36.4 Å². The second-order valence-electron chi connectivity index (χ2n) is 7.02. The van der Waals surface area contributed by atoms with Crippen molar-refractivity contribution in [3.63, 3.8) is 0 Å². The first-order valence-electron chi connectivity index (χ1n) is 8.29. The number of benzene rings is 1. The number of hydrogen-bond acceptors (Lipinski definition) is 6. The van der Waals surface area contributed by atoms with Crippen molar-refractivity contribution in [2.24, 2.45) is 0 Å². The Balaban J connectivity index is 1.66. The van der Waals surface area contributed by atoms with E-state index in [4.69, 9.17) is 16.3 Å². The van der Waals surface area contributed by atoms with E-state index >= 15 is 0 Å². The molecule has 0 atom stereocenters. The van der Waals surface area contributed by atoms with Gasteiger partial charge in [-0.2, -0.15) is 19.7 Å². The number of carbonyl (C=O) groups excluding carboxylic acids is 1. The van der Waals surface area contributed by atoms with E-state index in [1.54, 1.807) is 18.5 Å². The number of nitrogens with one attached hydrogen (secondary N) is 2. The van der Waals surface area contributed by atoms with E-state index < -0.39 is 11.7 Å². The number of fused-ring (bicyclic) bond motifs is 2. The summed E-state index contributed by atoms with van der Waals surface area (Å²) >= 11 is 5.99. The Hall–Kier alpha value is -3.13. The molecule has 0 aliphatic carbocycles. The van der Waals surface area contributed by atoms with E-state index in [2.05, 4.69) is 25.4 Å². The zero-order valence-electron chi connectivity index (χ0n) is 14.9. The van der Waals surface area contributed by atoms with E-state index in [1.165, 1.54) is 4.68 Å². The topological polar surface area (TPSA) is 97.7 Å². The maximum atomic E-state index is 12.3. The van der Waals surface area contributed by atoms with Crippen molar-refractivity contribution in [3.8, 4) is 0 Å². The van der Waals surface area contributed by atoms with Crippen LogP contribution in [0.5, 0.6) is 0 Å². The van der Waals surface area contributed by atoms with Crippen LogP contribution in [0.2, 0.25) is 5.28 Å². The lowest BCUT2D eigenvalue weighted by Crippen LogP contribution is -2.27. The Bertz CT molecular complexity index is 1160. The van der Waals surface area contributed by atoms with Crippen molar-refractivity contribution >= 4 is 51.1 Å². The lowest BCUT2D eigenvalue weighted by atomic mass is 10.2. The number of rotatable bonds is 2. The highest BCUT2D eigenvalue weighted by Crippen LogP contribution is 2.27. The average molecular weight is 385 g/mol. The molecule has 3 aromatic heterocycles. The van der Waals surface area contributed by atoms with Crippen LogP contribution in [0.4, 0.5) is 16.3 Å². The van der Waals surface area contributed by atoms with E-state index in [9.17, 15) is 4.79 Å². The molecular formula is C18H17ClN6O2. The molecule has 3 heterocycles. The number of aromatic nitrogens is 5. The highest BCUT2D eigenvalue weighted by molar-refractivity contribution is 6.28. The molecule has 0 bridgehead atoms. The number of H-pyrrole nitrogens is 1. The minimum atomic E-state index is -0.592. The standard InChI is InChI=1S/C18H17ClN6O2/c1-18(2,3)27-17(26)25-13-5-4-11(8-10(13)9-21-25)22-15-12-6-7-20-14(12)23-16(19)24-15/h4-9H,1-3H3,(H2,20,22,23,24). The molecule has 2 N–H and O–H groups in total. The quantitative estimate of drug-likeness (QED) is 0.494. The number of carbonyl (C=O) groups is 1. The zero-order valence-corrected chi connectivity index (χ0v) is 15.7. The fourth-order valence-electron chi connectivity index (χ4n) is 2.71. The minimum Gasteiger partial charge on any atom is -0.442 e. The van der Waals surface area contributed by atoms with Crippen LogP contribution in [0, 0.1) is 0 Å². The number of ether oxygens (including phenoxy) is 1. The van der Waals surface area contributed by atoms with Crippen molar-refractivity contribution in [3.05, 3.63) is 41.9 Å². The summed E-state index contributed by atoms with van der Waals surface area (Å²) in [5, 5.41) is 9.14. The zero-order chi connectivity index (χ0) is 19.2. The molecule has 9 heteroatoms. The predicted octanol–water partition coefficient (Wildman–Crippen LogP) is 4.49. The molecule has 0 radical (unpaired) electrons. The summed E-state index contributed by atoms with van der Waals surface area (Å²) in [6, 6.07) is 7.37. The molecule has 0 unspecified atom stereocenters. The number of hydrogen-bond donors (Lipinski definition) is 2. The van der Waals surface area contributed by atoms with Crippen molar-refractivity contribution in [1.82, 2.24) is 24.7 Å². The first kappa shape index (κ1) is 17.3. The first-order valence-corrected chi connectivity index (χ1v) is 8.67. The summed E-state index contributed by atoms with van der Waals surface area (Å²) in [7, 11) is 0. The first-order chi connectivity index (χ1) is 12.8. The van der Waals surface area contributed by atoms with Gasteiger partial charge < -0.3 is 15.0 Å². The van der Waals surface area contributed by atoms with E-state index in [0.717, 1.165) is 16.5 Å². The lowest BCUT2D eigenvalue weighted by molar-refractivity contribution is 0.0522. The molecule has 27 heavy (non-hydrogen) atoms. The molecule has 0 saturated heterocycles. The molecule has 0 aliphatic rings. The predicted molar refractivity (Wildman–Crippen MR) is 104 cm³/mol. The molecule has 1 aromatic carbocycles. The monoisotopic (exact) mass is 384 g/mol. The summed E-state index contributed by atoms with van der Waals surface area (Å²) < 4.78 is 6.63. The van der Waals surface area contributed by atoms with Gasteiger partial charge in [-0.1, -0.05) is 0 Å². The third kappa shape index (κ3) is 3.43. The normalized spacial score (nSPS) is 11.9. The number of anilines is 2. The van der Waals surface area contributed by atoms with Gasteiger partial charge in [0.15, 0.2) is 0 Å². The Morgan fingerprint density at radius 2 is 2.07 bits per heavy atom. The molecular weight excluding hydrogens is 368 g/mol. The maximum Gasteiger partial charge on any atom is 0.435 e. The molecule has 0 saturated carbocycles. The van der Waals surface area contributed by atoms with E-state index in [1.807, 2.05) is 39.0 Å². The smallest absolute Gasteiger partial charge is 0.435 e. The summed E-state index contributed by atoms with van der Waals surface area (Å²) in [4.78, 5) is 23.7. The Morgan fingerprint density at radius 3 is 2.85 bits per heavy atom. The van der Waals surface area contributed by atoms with Crippen LogP contribution in [0.3, 0.4) is 0 Å². The van der Waals surface area contributed by atoms with Gasteiger partial charge in [-0.05, 0) is 56.6 Å². The Morgan fingerprint density at radius 1 is 1.26 bits per heavy atom. The van der Waals surface area contributed by atoms with Gasteiger partial charge in [0.1, 0.15) is 17.1 Å². The van der Waals surface area contributed by atoms with E-state index in [-0.39, 0.29) is 5.28 Å². The molecule has 0 spiro atoms. The lowest BCUT2D eigenvalue weighted by Gasteiger charge is -2.19. The van der Waals surface area contributed by atoms with Crippen LogP contribution < -0.4 is 5.32 Å². The van der Waals surface area contributed by atoms with Crippen LogP contribution in [0.25, 0.3) is 21.9 Å². The van der Waals surface area contributed by atoms with Crippen LogP contribution in [-0.2, 0) is 4.74 Å². The largest absolute Gasteiger partial charge is 0.442 e. The molecule has 4 rings (SSSR count). The van der Waals surface area contributed by atoms with Crippen molar-refractivity contribution < 1.29 is 9.53 Å². The van der Waals surface area contributed by atoms with Gasteiger partial charge in [0.05, 0.1) is 17.1 Å².